The molecule has 0 unspecified atom stereocenters. The van der Waals surface area contributed by atoms with Gasteiger partial charge in [0.15, 0.2) is 5.96 Å². The van der Waals surface area contributed by atoms with Crippen molar-refractivity contribution in [3.05, 3.63) is 39.9 Å². The summed E-state index contributed by atoms with van der Waals surface area (Å²) in [4.78, 5) is 17.6. The highest BCUT2D eigenvalue weighted by Gasteiger charge is 2.20. The molecule has 0 spiro atoms. The molecule has 2 N–H and O–H groups in total. The molecule has 0 atom stereocenters. The zero-order chi connectivity index (χ0) is 21.1. The molecule has 1 fully saturated rings. The van der Waals surface area contributed by atoms with E-state index >= 15 is 0 Å². The summed E-state index contributed by atoms with van der Waals surface area (Å²) in [6.07, 6.45) is 5.27. The number of nitro benzene ring substituents is 1. The maximum absolute atomic E-state index is 10.7. The second-order valence-corrected chi connectivity index (χ2v) is 8.25. The van der Waals surface area contributed by atoms with Crippen LogP contribution in [-0.4, -0.2) is 54.5 Å². The molecule has 2 rings (SSSR count). The Morgan fingerprint density at radius 3 is 2.47 bits per heavy atom. The average molecular weight is 531 g/mol. The number of nitrogens with zero attached hydrogens (tertiary/aromatic N) is 3. The second kappa shape index (κ2) is 14.6. The Balaban J connectivity index is 0.00000450. The van der Waals surface area contributed by atoms with E-state index in [-0.39, 0.29) is 34.6 Å². The number of aryl methyl sites for hydroxylation is 1. The molecule has 1 aromatic carbocycles. The predicted octanol–water partition coefficient (Wildman–Crippen LogP) is 4.21. The maximum Gasteiger partial charge on any atom is 0.269 e. The highest BCUT2D eigenvalue weighted by molar-refractivity contribution is 14.0. The number of hydrogen-bond acceptors (Lipinski definition) is 4. The van der Waals surface area contributed by atoms with Crippen LogP contribution in [0.25, 0.3) is 0 Å². The predicted molar refractivity (Wildman–Crippen MR) is 135 cm³/mol. The highest BCUT2D eigenvalue weighted by Crippen LogP contribution is 2.14. The number of nitro groups is 1. The van der Waals surface area contributed by atoms with Crippen LogP contribution < -0.4 is 10.6 Å². The van der Waals surface area contributed by atoms with E-state index < -0.39 is 0 Å². The van der Waals surface area contributed by atoms with Crippen molar-refractivity contribution in [3.8, 4) is 0 Å². The van der Waals surface area contributed by atoms with Gasteiger partial charge in [0.1, 0.15) is 0 Å². The summed E-state index contributed by atoms with van der Waals surface area (Å²) in [6.45, 7) is 11.8. The second-order valence-electron chi connectivity index (χ2n) is 8.25. The molecule has 7 nitrogen and oxygen atoms in total. The lowest BCUT2D eigenvalue weighted by Crippen LogP contribution is -2.49. The monoisotopic (exact) mass is 531 g/mol. The number of benzene rings is 1. The van der Waals surface area contributed by atoms with Crippen LogP contribution in [0.1, 0.15) is 52.0 Å². The van der Waals surface area contributed by atoms with E-state index in [4.69, 9.17) is 4.99 Å². The highest BCUT2D eigenvalue weighted by atomic mass is 127. The van der Waals surface area contributed by atoms with E-state index in [0.29, 0.717) is 6.04 Å². The molecular weight excluding hydrogens is 493 g/mol. The van der Waals surface area contributed by atoms with Crippen molar-refractivity contribution in [2.75, 3.05) is 32.7 Å². The van der Waals surface area contributed by atoms with Crippen LogP contribution in [-0.2, 0) is 6.42 Å². The number of guanidine groups is 1. The maximum atomic E-state index is 10.7. The van der Waals surface area contributed by atoms with Gasteiger partial charge in [-0.05, 0) is 50.5 Å². The zero-order valence-corrected chi connectivity index (χ0v) is 20.9. The lowest BCUT2D eigenvalue weighted by atomic mass is 10.0. The van der Waals surface area contributed by atoms with Crippen molar-refractivity contribution in [1.82, 2.24) is 15.5 Å². The van der Waals surface area contributed by atoms with Crippen molar-refractivity contribution >= 4 is 35.6 Å². The number of nitrogens with one attached hydrogen (secondary N) is 2. The molecule has 0 aliphatic carbocycles. The Kier molecular flexibility index (Phi) is 12.9. The van der Waals surface area contributed by atoms with E-state index in [1.165, 1.54) is 6.54 Å². The quantitative estimate of drug-likeness (QED) is 0.118. The van der Waals surface area contributed by atoms with Crippen LogP contribution in [0, 0.1) is 16.0 Å². The molecule has 170 valence electrons. The van der Waals surface area contributed by atoms with Gasteiger partial charge in [0.2, 0.25) is 0 Å². The molecule has 0 amide bonds. The Bertz CT molecular complexity index is 643. The molecule has 0 radical (unpaired) electrons. The normalized spacial score (nSPS) is 15.7. The Morgan fingerprint density at radius 2 is 1.90 bits per heavy atom. The van der Waals surface area contributed by atoms with Gasteiger partial charge in [0, 0.05) is 50.9 Å². The Labute approximate surface area is 198 Å². The summed E-state index contributed by atoms with van der Waals surface area (Å²) >= 11 is 0. The minimum absolute atomic E-state index is 0. The zero-order valence-electron chi connectivity index (χ0n) is 18.6. The fourth-order valence-electron chi connectivity index (χ4n) is 3.71. The van der Waals surface area contributed by atoms with Gasteiger partial charge in [-0.3, -0.25) is 15.1 Å². The van der Waals surface area contributed by atoms with Crippen molar-refractivity contribution in [2.24, 2.45) is 10.9 Å². The van der Waals surface area contributed by atoms with Crippen LogP contribution in [0.5, 0.6) is 0 Å². The number of aliphatic imine (C=N–C) groups is 1. The van der Waals surface area contributed by atoms with Gasteiger partial charge in [0.25, 0.3) is 5.69 Å². The largest absolute Gasteiger partial charge is 0.357 e. The summed E-state index contributed by atoms with van der Waals surface area (Å²) in [7, 11) is 0. The molecule has 1 aliphatic rings. The summed E-state index contributed by atoms with van der Waals surface area (Å²) in [5, 5.41) is 17.7. The van der Waals surface area contributed by atoms with E-state index in [9.17, 15) is 10.1 Å². The van der Waals surface area contributed by atoms with Gasteiger partial charge < -0.3 is 15.5 Å². The molecule has 1 heterocycles. The molecule has 0 aromatic heterocycles. The number of likely N-dealkylation sites (tertiary alicyclic amines) is 1. The summed E-state index contributed by atoms with van der Waals surface area (Å²) in [6, 6.07) is 7.34. The van der Waals surface area contributed by atoms with Gasteiger partial charge in [-0.2, -0.15) is 0 Å². The minimum Gasteiger partial charge on any atom is -0.357 e. The van der Waals surface area contributed by atoms with Gasteiger partial charge in [-0.25, -0.2) is 0 Å². The fraction of sp³-hybridized carbons (Fsp3) is 0.682. The smallest absolute Gasteiger partial charge is 0.269 e. The van der Waals surface area contributed by atoms with Crippen LogP contribution in [0.2, 0.25) is 0 Å². The summed E-state index contributed by atoms with van der Waals surface area (Å²) < 4.78 is 0. The molecule has 0 bridgehead atoms. The number of halogens is 1. The van der Waals surface area contributed by atoms with Crippen LogP contribution >= 0.6 is 24.0 Å². The first kappa shape index (κ1) is 26.6. The standard InChI is InChI=1S/C22H37N5O2.HI/c1-4-23-22(25-20-12-15-26(16-13-20)17-18(2)3)24-14-6-5-7-19-8-10-21(11-9-19)27(28)29;/h8-11,18,20H,4-7,12-17H2,1-3H3,(H2,23,24,25);1H. The molecule has 30 heavy (non-hydrogen) atoms. The topological polar surface area (TPSA) is 82.8 Å². The van der Waals surface area contributed by atoms with E-state index in [1.54, 1.807) is 12.1 Å². The third-order valence-electron chi connectivity index (χ3n) is 5.19. The third kappa shape index (κ3) is 10.1. The van der Waals surface area contributed by atoms with Gasteiger partial charge in [-0.1, -0.05) is 26.0 Å². The molecule has 8 heteroatoms. The van der Waals surface area contributed by atoms with E-state index in [2.05, 4.69) is 36.3 Å². The number of hydrogen-bond donors (Lipinski definition) is 2. The van der Waals surface area contributed by atoms with Gasteiger partial charge in [0.05, 0.1) is 4.92 Å². The van der Waals surface area contributed by atoms with Gasteiger partial charge in [-0.15, -0.1) is 24.0 Å². The van der Waals surface area contributed by atoms with Crippen molar-refractivity contribution in [3.63, 3.8) is 0 Å². The number of non-ortho nitro benzene ring substituents is 1. The lowest BCUT2D eigenvalue weighted by Gasteiger charge is -2.34. The van der Waals surface area contributed by atoms with Crippen LogP contribution in [0.4, 0.5) is 5.69 Å². The summed E-state index contributed by atoms with van der Waals surface area (Å²) in [5.41, 5.74) is 1.28. The number of rotatable bonds is 10. The first-order valence-electron chi connectivity index (χ1n) is 11.0. The lowest BCUT2D eigenvalue weighted by molar-refractivity contribution is -0.384. The Morgan fingerprint density at radius 1 is 1.23 bits per heavy atom. The third-order valence-corrected chi connectivity index (χ3v) is 5.19. The van der Waals surface area contributed by atoms with Crippen LogP contribution in [0.15, 0.2) is 29.3 Å². The van der Waals surface area contributed by atoms with Gasteiger partial charge >= 0.3 is 0 Å². The minimum atomic E-state index is -0.359. The first-order valence-corrected chi connectivity index (χ1v) is 11.0. The average Bonchev–Trinajstić information content (AvgIpc) is 2.69. The molecule has 1 aliphatic heterocycles. The van der Waals surface area contributed by atoms with Crippen molar-refractivity contribution in [2.45, 2.75) is 58.9 Å². The molecule has 1 saturated heterocycles. The first-order chi connectivity index (χ1) is 14.0. The SMILES string of the molecule is CCNC(=NCCCCc1ccc([N+](=O)[O-])cc1)NC1CCN(CC(C)C)CC1.I. The van der Waals surface area contributed by atoms with Crippen molar-refractivity contribution in [1.29, 1.82) is 0 Å². The molecular formula is C22H38IN5O2. The van der Waals surface area contributed by atoms with Crippen molar-refractivity contribution < 1.29 is 4.92 Å². The fourth-order valence-corrected chi connectivity index (χ4v) is 3.71. The van der Waals surface area contributed by atoms with Crippen LogP contribution in [0.3, 0.4) is 0 Å². The summed E-state index contributed by atoms with van der Waals surface area (Å²) in [5.74, 6) is 1.65. The number of piperidine rings is 1. The number of unbranched alkanes of at least 4 members (excludes halogenated alkanes) is 1. The van der Waals surface area contributed by atoms with E-state index in [0.717, 1.165) is 75.7 Å². The molecule has 0 saturated carbocycles. The van der Waals surface area contributed by atoms with E-state index in [1.807, 2.05) is 12.1 Å². The molecule has 1 aromatic rings. The Hall–Kier alpha value is -1.42.